The molecular weight excluding hydrogens is 224 g/mol. The number of fused-ring (bicyclic) bond motifs is 1. The van der Waals surface area contributed by atoms with E-state index in [0.717, 1.165) is 11.8 Å². The zero-order valence-corrected chi connectivity index (χ0v) is 9.73. The molecule has 0 amide bonds. The highest BCUT2D eigenvalue weighted by Gasteiger charge is 1.86. The first-order valence-corrected chi connectivity index (χ1v) is 5.56. The van der Waals surface area contributed by atoms with Crippen molar-refractivity contribution < 1.29 is 4.79 Å². The van der Waals surface area contributed by atoms with Gasteiger partial charge in [-0.2, -0.15) is 0 Å². The molecule has 0 saturated carbocycles. The summed E-state index contributed by atoms with van der Waals surface area (Å²) in [6, 6.07) is 17.3. The second-order valence-electron chi connectivity index (χ2n) is 3.57. The second-order valence-corrected chi connectivity index (χ2v) is 3.57. The molecule has 2 aromatic heterocycles. The van der Waals surface area contributed by atoms with E-state index in [0.29, 0.717) is 5.69 Å². The minimum atomic E-state index is 0.479. The number of pyridine rings is 2. The van der Waals surface area contributed by atoms with Crippen molar-refractivity contribution in [1.29, 1.82) is 0 Å². The van der Waals surface area contributed by atoms with E-state index >= 15 is 0 Å². The SMILES string of the molecule is O=Cc1ccccn1.c1ccc2ncccc2c1. The Balaban J connectivity index is 0.000000138. The van der Waals surface area contributed by atoms with Crippen molar-refractivity contribution in [2.24, 2.45) is 0 Å². The molecule has 3 heteroatoms. The first-order valence-electron chi connectivity index (χ1n) is 5.56. The van der Waals surface area contributed by atoms with Crippen LogP contribution in [-0.2, 0) is 0 Å². The molecule has 0 saturated heterocycles. The van der Waals surface area contributed by atoms with E-state index in [1.165, 1.54) is 5.39 Å². The van der Waals surface area contributed by atoms with E-state index in [-0.39, 0.29) is 0 Å². The summed E-state index contributed by atoms with van der Waals surface area (Å²) >= 11 is 0. The Morgan fingerprint density at radius 2 is 1.50 bits per heavy atom. The number of aldehydes is 1. The Hall–Kier alpha value is -2.55. The van der Waals surface area contributed by atoms with E-state index in [1.807, 2.05) is 30.5 Å². The van der Waals surface area contributed by atoms with E-state index in [4.69, 9.17) is 0 Å². The third-order valence-corrected chi connectivity index (χ3v) is 2.32. The lowest BCUT2D eigenvalue weighted by atomic mass is 10.2. The average molecular weight is 236 g/mol. The van der Waals surface area contributed by atoms with Crippen molar-refractivity contribution in [3.8, 4) is 0 Å². The molecule has 3 rings (SSSR count). The van der Waals surface area contributed by atoms with Crippen molar-refractivity contribution >= 4 is 17.2 Å². The molecule has 0 spiro atoms. The average Bonchev–Trinajstić information content (AvgIpc) is 2.49. The van der Waals surface area contributed by atoms with Crippen molar-refractivity contribution in [2.45, 2.75) is 0 Å². The Labute approximate surface area is 105 Å². The van der Waals surface area contributed by atoms with Crippen LogP contribution in [0.2, 0.25) is 0 Å². The number of hydrogen-bond acceptors (Lipinski definition) is 3. The maximum absolute atomic E-state index is 9.94. The highest BCUT2D eigenvalue weighted by molar-refractivity contribution is 5.77. The summed E-state index contributed by atoms with van der Waals surface area (Å²) < 4.78 is 0. The van der Waals surface area contributed by atoms with Crippen molar-refractivity contribution in [3.63, 3.8) is 0 Å². The van der Waals surface area contributed by atoms with E-state index in [1.54, 1.807) is 24.4 Å². The standard InChI is InChI=1S/C9H7N.C6H5NO/c1-2-6-9-8(4-1)5-3-7-10-9;8-5-6-3-1-2-4-7-6/h1-7H;1-5H. The Bertz CT molecular complexity index is 558. The Morgan fingerprint density at radius 3 is 2.17 bits per heavy atom. The lowest BCUT2D eigenvalue weighted by Crippen LogP contribution is -1.80. The maximum atomic E-state index is 9.94. The molecule has 0 unspecified atom stereocenters. The summed E-state index contributed by atoms with van der Waals surface area (Å²) in [5, 5.41) is 1.20. The summed E-state index contributed by atoms with van der Waals surface area (Å²) in [4.78, 5) is 17.9. The van der Waals surface area contributed by atoms with Crippen LogP contribution in [-0.4, -0.2) is 16.3 Å². The monoisotopic (exact) mass is 236 g/mol. The van der Waals surface area contributed by atoms with Crippen LogP contribution in [0.4, 0.5) is 0 Å². The first-order chi connectivity index (χ1) is 8.90. The molecule has 0 aliphatic rings. The van der Waals surface area contributed by atoms with Crippen molar-refractivity contribution in [2.75, 3.05) is 0 Å². The summed E-state index contributed by atoms with van der Waals surface area (Å²) in [6.45, 7) is 0. The minimum absolute atomic E-state index is 0.479. The van der Waals surface area contributed by atoms with Gasteiger partial charge < -0.3 is 0 Å². The number of hydrogen-bond donors (Lipinski definition) is 0. The van der Waals surface area contributed by atoms with Gasteiger partial charge in [0.25, 0.3) is 0 Å². The molecule has 0 N–H and O–H groups in total. The molecule has 3 nitrogen and oxygen atoms in total. The molecule has 0 fully saturated rings. The van der Waals surface area contributed by atoms with Gasteiger partial charge in [0.15, 0.2) is 6.29 Å². The number of carbonyl (C=O) groups excluding carboxylic acids is 1. The number of nitrogens with zero attached hydrogens (tertiary/aromatic N) is 2. The molecule has 1 aromatic carbocycles. The van der Waals surface area contributed by atoms with Gasteiger partial charge in [0.2, 0.25) is 0 Å². The maximum Gasteiger partial charge on any atom is 0.168 e. The molecule has 2 heterocycles. The van der Waals surface area contributed by atoms with Gasteiger partial charge in [-0.3, -0.25) is 14.8 Å². The van der Waals surface area contributed by atoms with Gasteiger partial charge >= 0.3 is 0 Å². The van der Waals surface area contributed by atoms with Gasteiger partial charge in [-0.25, -0.2) is 0 Å². The summed E-state index contributed by atoms with van der Waals surface area (Å²) in [5.74, 6) is 0. The topological polar surface area (TPSA) is 42.9 Å². The van der Waals surface area contributed by atoms with E-state index < -0.39 is 0 Å². The van der Waals surface area contributed by atoms with Crippen molar-refractivity contribution in [1.82, 2.24) is 9.97 Å². The molecule has 18 heavy (non-hydrogen) atoms. The number of carbonyl (C=O) groups is 1. The lowest BCUT2D eigenvalue weighted by Gasteiger charge is -1.91. The molecule has 88 valence electrons. The molecule has 0 aliphatic heterocycles. The Kier molecular flexibility index (Phi) is 4.14. The fourth-order valence-corrected chi connectivity index (χ4v) is 1.46. The zero-order chi connectivity index (χ0) is 12.6. The quantitative estimate of drug-likeness (QED) is 0.610. The van der Waals surface area contributed by atoms with Crippen LogP contribution in [0.25, 0.3) is 10.9 Å². The number of aromatic nitrogens is 2. The van der Waals surface area contributed by atoms with Gasteiger partial charge in [0, 0.05) is 17.8 Å². The normalized spacial score (nSPS) is 9.33. The molecule has 0 atom stereocenters. The van der Waals surface area contributed by atoms with Crippen LogP contribution < -0.4 is 0 Å². The smallest absolute Gasteiger partial charge is 0.168 e. The number of para-hydroxylation sites is 1. The molecule has 0 bridgehead atoms. The van der Waals surface area contributed by atoms with Crippen LogP contribution in [0.5, 0.6) is 0 Å². The van der Waals surface area contributed by atoms with Gasteiger partial charge in [-0.15, -0.1) is 0 Å². The highest BCUT2D eigenvalue weighted by Crippen LogP contribution is 2.07. The molecule has 0 aliphatic carbocycles. The van der Waals surface area contributed by atoms with Crippen LogP contribution in [0, 0.1) is 0 Å². The minimum Gasteiger partial charge on any atom is -0.296 e. The predicted octanol–water partition coefficient (Wildman–Crippen LogP) is 3.13. The highest BCUT2D eigenvalue weighted by atomic mass is 16.1. The zero-order valence-electron chi connectivity index (χ0n) is 9.73. The van der Waals surface area contributed by atoms with Crippen molar-refractivity contribution in [3.05, 3.63) is 72.7 Å². The van der Waals surface area contributed by atoms with Crippen LogP contribution in [0.15, 0.2) is 67.0 Å². The fourth-order valence-electron chi connectivity index (χ4n) is 1.46. The number of benzene rings is 1. The Morgan fingerprint density at radius 1 is 0.778 bits per heavy atom. The molecule has 0 radical (unpaired) electrons. The summed E-state index contributed by atoms with van der Waals surface area (Å²) in [7, 11) is 0. The van der Waals surface area contributed by atoms with Gasteiger partial charge in [-0.05, 0) is 24.3 Å². The third-order valence-electron chi connectivity index (χ3n) is 2.32. The summed E-state index contributed by atoms with van der Waals surface area (Å²) in [5.41, 5.74) is 1.54. The fraction of sp³-hybridized carbons (Fsp3) is 0. The molecular formula is C15H12N2O. The predicted molar refractivity (Wildman–Crippen MR) is 71.4 cm³/mol. The van der Waals surface area contributed by atoms with E-state index in [2.05, 4.69) is 22.1 Å². The van der Waals surface area contributed by atoms with Crippen LogP contribution in [0.1, 0.15) is 10.5 Å². The summed E-state index contributed by atoms with van der Waals surface area (Å²) in [6.07, 6.45) is 4.12. The number of rotatable bonds is 1. The van der Waals surface area contributed by atoms with E-state index in [9.17, 15) is 4.79 Å². The largest absolute Gasteiger partial charge is 0.296 e. The lowest BCUT2D eigenvalue weighted by molar-refractivity contribution is 0.111. The van der Waals surface area contributed by atoms with Crippen LogP contribution in [0.3, 0.4) is 0 Å². The third kappa shape index (κ3) is 3.22. The van der Waals surface area contributed by atoms with Gasteiger partial charge in [-0.1, -0.05) is 30.3 Å². The first kappa shape index (κ1) is 11.9. The molecule has 3 aromatic rings. The van der Waals surface area contributed by atoms with Gasteiger partial charge in [0.1, 0.15) is 5.69 Å². The second kappa shape index (κ2) is 6.25. The van der Waals surface area contributed by atoms with Gasteiger partial charge in [0.05, 0.1) is 5.52 Å². The van der Waals surface area contributed by atoms with Crippen LogP contribution >= 0.6 is 0 Å².